The molecule has 2 heterocycles. The molecule has 130 valence electrons. The van der Waals surface area contributed by atoms with Crippen LogP contribution < -0.4 is 0 Å². The smallest absolute Gasteiger partial charge is 0.309 e. The van der Waals surface area contributed by atoms with Crippen molar-refractivity contribution in [3.05, 3.63) is 0 Å². The predicted molar refractivity (Wildman–Crippen MR) is 90.1 cm³/mol. The number of carbonyl (C=O) groups is 2. The van der Waals surface area contributed by atoms with Crippen LogP contribution in [0.2, 0.25) is 0 Å². The molecule has 0 atom stereocenters. The number of hydrogen-bond acceptors (Lipinski definition) is 3. The maximum Gasteiger partial charge on any atom is 0.327 e. The lowest BCUT2D eigenvalue weighted by atomic mass is 9.83. The van der Waals surface area contributed by atoms with Gasteiger partial charge < -0.3 is 9.80 Å². The average Bonchev–Trinajstić information content (AvgIpc) is 2.72. The highest BCUT2D eigenvalue weighted by Gasteiger charge is 2.56. The van der Waals surface area contributed by atoms with Crippen LogP contribution in [0.4, 0.5) is 4.79 Å². The summed E-state index contributed by atoms with van der Waals surface area (Å²) in [5.74, 6) is 0.401. The zero-order valence-corrected chi connectivity index (χ0v) is 14.9. The molecule has 23 heavy (non-hydrogen) atoms. The summed E-state index contributed by atoms with van der Waals surface area (Å²) >= 11 is 0. The van der Waals surface area contributed by atoms with E-state index in [9.17, 15) is 9.59 Å². The number of carbonyl (C=O) groups excluding carboxylic acids is 2. The molecule has 1 aliphatic carbocycles. The second-order valence-corrected chi connectivity index (χ2v) is 8.01. The van der Waals surface area contributed by atoms with Gasteiger partial charge in [-0.2, -0.15) is 0 Å². The van der Waals surface area contributed by atoms with Gasteiger partial charge in [-0.05, 0) is 31.6 Å². The molecule has 5 nitrogen and oxygen atoms in total. The molecule has 3 amide bonds. The largest absolute Gasteiger partial charge is 0.327 e. The van der Waals surface area contributed by atoms with E-state index in [1.165, 1.54) is 37.0 Å². The minimum absolute atomic E-state index is 0.0199. The first-order valence-electron chi connectivity index (χ1n) is 9.29. The molecule has 1 saturated carbocycles. The second-order valence-electron chi connectivity index (χ2n) is 8.01. The Morgan fingerprint density at radius 3 is 2.26 bits per heavy atom. The summed E-state index contributed by atoms with van der Waals surface area (Å²) in [6.07, 6.45) is 8.24. The maximum absolute atomic E-state index is 12.8. The third kappa shape index (κ3) is 2.88. The molecule has 0 N–H and O–H groups in total. The molecule has 3 fully saturated rings. The summed E-state index contributed by atoms with van der Waals surface area (Å²) in [6.45, 7) is 6.80. The van der Waals surface area contributed by atoms with Gasteiger partial charge in [-0.25, -0.2) is 4.79 Å². The summed E-state index contributed by atoms with van der Waals surface area (Å²) < 4.78 is 0. The highest BCUT2D eigenvalue weighted by Crippen LogP contribution is 2.38. The van der Waals surface area contributed by atoms with Gasteiger partial charge in [0.2, 0.25) is 0 Å². The first-order valence-corrected chi connectivity index (χ1v) is 9.29. The van der Waals surface area contributed by atoms with Gasteiger partial charge in [0.25, 0.3) is 5.91 Å². The van der Waals surface area contributed by atoms with Crippen LogP contribution in [-0.2, 0) is 4.79 Å². The van der Waals surface area contributed by atoms with Crippen molar-refractivity contribution >= 4 is 11.9 Å². The molecule has 0 radical (unpaired) electrons. The van der Waals surface area contributed by atoms with E-state index in [4.69, 9.17) is 0 Å². The maximum atomic E-state index is 12.8. The van der Waals surface area contributed by atoms with Gasteiger partial charge in [-0.3, -0.25) is 9.69 Å². The SMILES string of the molecule is CC(C)CN1C(=O)N(C)C(=O)C12CCN(C1CCCCC1)CC2. The van der Waals surface area contributed by atoms with Crippen LogP contribution >= 0.6 is 0 Å². The van der Waals surface area contributed by atoms with Crippen LogP contribution in [0.1, 0.15) is 58.8 Å². The van der Waals surface area contributed by atoms with E-state index >= 15 is 0 Å². The highest BCUT2D eigenvalue weighted by atomic mass is 16.2. The molecule has 5 heteroatoms. The normalized spacial score (nSPS) is 26.8. The number of hydrogen-bond donors (Lipinski definition) is 0. The van der Waals surface area contributed by atoms with Crippen molar-refractivity contribution in [3.63, 3.8) is 0 Å². The van der Waals surface area contributed by atoms with Crippen molar-refractivity contribution in [3.8, 4) is 0 Å². The Kier molecular flexibility index (Phi) is 4.68. The van der Waals surface area contributed by atoms with Crippen molar-refractivity contribution in [1.82, 2.24) is 14.7 Å². The Morgan fingerprint density at radius 2 is 1.70 bits per heavy atom. The third-order valence-electron chi connectivity index (χ3n) is 6.00. The van der Waals surface area contributed by atoms with Crippen LogP contribution in [0.3, 0.4) is 0 Å². The van der Waals surface area contributed by atoms with E-state index < -0.39 is 5.54 Å². The number of urea groups is 1. The van der Waals surface area contributed by atoms with Crippen molar-refractivity contribution < 1.29 is 9.59 Å². The fourth-order valence-corrected chi connectivity index (χ4v) is 4.69. The van der Waals surface area contributed by atoms with Crippen molar-refractivity contribution in [2.45, 2.75) is 70.4 Å². The lowest BCUT2D eigenvalue weighted by Crippen LogP contribution is -2.58. The predicted octanol–water partition coefficient (Wildman–Crippen LogP) is 2.70. The van der Waals surface area contributed by atoms with Crippen LogP contribution in [0.15, 0.2) is 0 Å². The van der Waals surface area contributed by atoms with E-state index in [0.717, 1.165) is 25.9 Å². The summed E-state index contributed by atoms with van der Waals surface area (Å²) in [6, 6.07) is 0.597. The quantitative estimate of drug-likeness (QED) is 0.751. The van der Waals surface area contributed by atoms with Gasteiger partial charge in [0.05, 0.1) is 0 Å². The van der Waals surface area contributed by atoms with Gasteiger partial charge in [0.15, 0.2) is 0 Å². The Bertz CT molecular complexity index is 463. The molecular formula is C18H31N3O2. The second kappa shape index (κ2) is 6.42. The molecule has 3 rings (SSSR count). The van der Waals surface area contributed by atoms with Crippen LogP contribution in [0.25, 0.3) is 0 Å². The number of nitrogens with zero attached hydrogens (tertiary/aromatic N) is 3. The van der Waals surface area contributed by atoms with E-state index in [1.807, 2.05) is 4.90 Å². The number of amides is 3. The molecule has 0 aromatic rings. The third-order valence-corrected chi connectivity index (χ3v) is 6.00. The van der Waals surface area contributed by atoms with Gasteiger partial charge in [0.1, 0.15) is 5.54 Å². The molecule has 0 bridgehead atoms. The van der Waals surface area contributed by atoms with Crippen molar-refractivity contribution in [1.29, 1.82) is 0 Å². The molecule has 2 aliphatic heterocycles. The number of likely N-dealkylation sites (tertiary alicyclic amines) is 1. The van der Waals surface area contributed by atoms with Gasteiger partial charge in [0, 0.05) is 32.7 Å². The molecule has 3 aliphatic rings. The standard InChI is InChI=1S/C18H31N3O2/c1-14(2)13-21-17(23)19(3)16(22)18(21)9-11-20(12-10-18)15-7-5-4-6-8-15/h14-15H,4-13H2,1-3H3. The molecular weight excluding hydrogens is 290 g/mol. The number of likely N-dealkylation sites (N-methyl/N-ethyl adjacent to an activating group) is 1. The van der Waals surface area contributed by atoms with Crippen LogP contribution in [0, 0.1) is 5.92 Å². The minimum atomic E-state index is -0.568. The molecule has 0 aromatic heterocycles. The van der Waals surface area contributed by atoms with E-state index in [0.29, 0.717) is 18.5 Å². The lowest BCUT2D eigenvalue weighted by Gasteiger charge is -2.45. The van der Waals surface area contributed by atoms with Gasteiger partial charge in [-0.1, -0.05) is 33.1 Å². The fourth-order valence-electron chi connectivity index (χ4n) is 4.69. The zero-order valence-electron chi connectivity index (χ0n) is 14.9. The summed E-state index contributed by atoms with van der Waals surface area (Å²) in [4.78, 5) is 31.1. The monoisotopic (exact) mass is 321 g/mol. The van der Waals surface area contributed by atoms with Gasteiger partial charge >= 0.3 is 6.03 Å². The zero-order chi connectivity index (χ0) is 16.6. The Labute approximate surface area is 140 Å². The average molecular weight is 321 g/mol. The number of rotatable bonds is 3. The lowest BCUT2D eigenvalue weighted by molar-refractivity contribution is -0.135. The number of imide groups is 1. The summed E-state index contributed by atoms with van der Waals surface area (Å²) in [5, 5.41) is 0. The molecule has 1 spiro atoms. The van der Waals surface area contributed by atoms with Crippen LogP contribution in [0.5, 0.6) is 0 Å². The van der Waals surface area contributed by atoms with Crippen molar-refractivity contribution in [2.24, 2.45) is 5.92 Å². The fraction of sp³-hybridized carbons (Fsp3) is 0.889. The van der Waals surface area contributed by atoms with E-state index in [1.54, 1.807) is 7.05 Å². The molecule has 0 unspecified atom stereocenters. The summed E-state index contributed by atoms with van der Waals surface area (Å²) in [5.41, 5.74) is -0.568. The van der Waals surface area contributed by atoms with Crippen LogP contribution in [-0.4, -0.2) is 64.9 Å². The highest BCUT2D eigenvalue weighted by molar-refractivity contribution is 6.06. The molecule has 2 saturated heterocycles. The topological polar surface area (TPSA) is 43.9 Å². The van der Waals surface area contributed by atoms with Crippen molar-refractivity contribution in [2.75, 3.05) is 26.7 Å². The number of piperidine rings is 1. The first kappa shape index (κ1) is 16.7. The van der Waals surface area contributed by atoms with E-state index in [-0.39, 0.29) is 11.9 Å². The molecule has 0 aromatic carbocycles. The summed E-state index contributed by atoms with van der Waals surface area (Å²) in [7, 11) is 1.64. The Balaban J connectivity index is 1.73. The van der Waals surface area contributed by atoms with E-state index in [2.05, 4.69) is 18.7 Å². The van der Waals surface area contributed by atoms with Gasteiger partial charge in [-0.15, -0.1) is 0 Å². The first-order chi connectivity index (χ1) is 11.0. The Morgan fingerprint density at radius 1 is 1.09 bits per heavy atom. The minimum Gasteiger partial charge on any atom is -0.309 e. The Hall–Kier alpha value is -1.10.